The first-order valence-corrected chi connectivity index (χ1v) is 12.7. The highest BCUT2D eigenvalue weighted by Crippen LogP contribution is 2.28. The average Bonchev–Trinajstić information content (AvgIpc) is 2.88. The van der Waals surface area contributed by atoms with E-state index in [1.165, 1.54) is 16.4 Å². The third-order valence-electron chi connectivity index (χ3n) is 5.87. The molecule has 4 rings (SSSR count). The van der Waals surface area contributed by atoms with Crippen molar-refractivity contribution in [2.24, 2.45) is 5.92 Å². The molecule has 1 aliphatic heterocycles. The van der Waals surface area contributed by atoms with E-state index in [9.17, 15) is 22.4 Å². The number of amides is 1. The van der Waals surface area contributed by atoms with Crippen LogP contribution in [-0.4, -0.2) is 44.3 Å². The van der Waals surface area contributed by atoms with Gasteiger partial charge in [-0.3, -0.25) is 9.59 Å². The van der Waals surface area contributed by atoms with Crippen molar-refractivity contribution in [2.45, 2.75) is 17.7 Å². The molecular formula is C26H25FN2O5S. The van der Waals surface area contributed by atoms with Gasteiger partial charge in [-0.25, -0.2) is 12.8 Å². The Bertz CT molecular complexity index is 1290. The summed E-state index contributed by atoms with van der Waals surface area (Å²) in [7, 11) is -3.76. The number of halogens is 1. The monoisotopic (exact) mass is 496 g/mol. The molecular weight excluding hydrogens is 471 g/mol. The summed E-state index contributed by atoms with van der Waals surface area (Å²) in [6.07, 6.45) is 0.551. The molecule has 0 spiro atoms. The molecule has 7 nitrogen and oxygen atoms in total. The average molecular weight is 497 g/mol. The molecule has 0 radical (unpaired) electrons. The number of anilines is 1. The minimum absolute atomic E-state index is 0.00683. The number of benzene rings is 3. The Morgan fingerprint density at radius 3 is 2.23 bits per heavy atom. The molecule has 3 aromatic carbocycles. The van der Waals surface area contributed by atoms with Crippen LogP contribution in [0.1, 0.15) is 12.8 Å². The molecule has 0 bridgehead atoms. The van der Waals surface area contributed by atoms with Crippen LogP contribution in [0.4, 0.5) is 10.1 Å². The fourth-order valence-electron chi connectivity index (χ4n) is 3.99. The number of rotatable bonds is 7. The second kappa shape index (κ2) is 10.8. The van der Waals surface area contributed by atoms with Gasteiger partial charge in [0.05, 0.1) is 10.8 Å². The number of carbonyl (C=O) groups is 2. The lowest BCUT2D eigenvalue weighted by molar-refractivity contribution is -0.152. The summed E-state index contributed by atoms with van der Waals surface area (Å²) in [6.45, 7) is -0.164. The van der Waals surface area contributed by atoms with Crippen LogP contribution in [0.25, 0.3) is 11.1 Å². The smallest absolute Gasteiger partial charge is 0.309 e. The summed E-state index contributed by atoms with van der Waals surface area (Å²) in [4.78, 5) is 24.9. The predicted molar refractivity (Wildman–Crippen MR) is 129 cm³/mol. The number of para-hydroxylation sites is 1. The lowest BCUT2D eigenvalue weighted by Gasteiger charge is -2.30. The summed E-state index contributed by atoms with van der Waals surface area (Å²) in [5, 5.41) is 2.79. The van der Waals surface area contributed by atoms with Crippen LogP contribution in [0, 0.1) is 11.7 Å². The number of hydrogen-bond acceptors (Lipinski definition) is 5. The van der Waals surface area contributed by atoms with Gasteiger partial charge in [0.15, 0.2) is 6.61 Å². The van der Waals surface area contributed by atoms with Gasteiger partial charge in [0.2, 0.25) is 10.0 Å². The maximum Gasteiger partial charge on any atom is 0.309 e. The molecule has 3 aromatic rings. The van der Waals surface area contributed by atoms with Gasteiger partial charge in [-0.15, -0.1) is 0 Å². The second-order valence-electron chi connectivity index (χ2n) is 8.20. The van der Waals surface area contributed by atoms with Crippen molar-refractivity contribution < 1.29 is 27.1 Å². The summed E-state index contributed by atoms with van der Waals surface area (Å²) in [6, 6.07) is 21.6. The number of sulfonamides is 1. The maximum atomic E-state index is 13.1. The Kier molecular flexibility index (Phi) is 7.57. The van der Waals surface area contributed by atoms with E-state index >= 15 is 0 Å². The molecule has 1 fully saturated rings. The van der Waals surface area contributed by atoms with Crippen molar-refractivity contribution in [3.8, 4) is 11.1 Å². The minimum Gasteiger partial charge on any atom is -0.455 e. The van der Waals surface area contributed by atoms with Gasteiger partial charge in [0, 0.05) is 24.3 Å². The summed E-state index contributed by atoms with van der Waals surface area (Å²) < 4.78 is 45.1. The molecule has 0 aromatic heterocycles. The molecule has 9 heteroatoms. The van der Waals surface area contributed by atoms with E-state index in [1.54, 1.807) is 6.07 Å². The van der Waals surface area contributed by atoms with Crippen molar-refractivity contribution in [1.29, 1.82) is 0 Å². The molecule has 35 heavy (non-hydrogen) atoms. The third-order valence-corrected chi connectivity index (χ3v) is 7.78. The molecule has 1 aliphatic rings. The van der Waals surface area contributed by atoms with E-state index in [0.717, 1.165) is 23.3 Å². The fraction of sp³-hybridized carbons (Fsp3) is 0.231. The van der Waals surface area contributed by atoms with Crippen molar-refractivity contribution in [1.82, 2.24) is 4.31 Å². The molecule has 0 aliphatic carbocycles. The zero-order valence-corrected chi connectivity index (χ0v) is 19.7. The third kappa shape index (κ3) is 5.93. The van der Waals surface area contributed by atoms with E-state index in [-0.39, 0.29) is 30.8 Å². The van der Waals surface area contributed by atoms with Gasteiger partial charge < -0.3 is 10.1 Å². The first kappa shape index (κ1) is 24.6. The standard InChI is InChI=1S/C26H25FN2O5S/c27-21-10-12-22(13-11-21)35(32,33)29-16-14-20(15-17-29)26(31)34-18-25(30)28-24-9-5-4-8-23(24)19-6-2-1-3-7-19/h1-13,20H,14-18H2,(H,28,30). The van der Waals surface area contributed by atoms with Gasteiger partial charge in [0.1, 0.15) is 5.82 Å². The Hall–Kier alpha value is -3.56. The number of nitrogens with one attached hydrogen (secondary N) is 1. The first-order chi connectivity index (χ1) is 16.8. The molecule has 182 valence electrons. The quantitative estimate of drug-likeness (QED) is 0.498. The van der Waals surface area contributed by atoms with Crippen LogP contribution in [0.3, 0.4) is 0 Å². The van der Waals surface area contributed by atoms with E-state index in [1.807, 2.05) is 48.5 Å². The lowest BCUT2D eigenvalue weighted by atomic mass is 9.98. The largest absolute Gasteiger partial charge is 0.455 e. The van der Waals surface area contributed by atoms with Crippen LogP contribution in [-0.2, 0) is 24.3 Å². The second-order valence-corrected chi connectivity index (χ2v) is 10.1. The minimum atomic E-state index is -3.76. The zero-order chi connectivity index (χ0) is 24.8. The topological polar surface area (TPSA) is 92.8 Å². The van der Waals surface area contributed by atoms with Gasteiger partial charge >= 0.3 is 5.97 Å². The van der Waals surface area contributed by atoms with Gasteiger partial charge in [-0.2, -0.15) is 4.31 Å². The normalized spacial score (nSPS) is 14.9. The lowest BCUT2D eigenvalue weighted by Crippen LogP contribution is -2.40. The van der Waals surface area contributed by atoms with Crippen LogP contribution in [0.2, 0.25) is 0 Å². The van der Waals surface area contributed by atoms with Crippen LogP contribution >= 0.6 is 0 Å². The maximum absolute atomic E-state index is 13.1. The zero-order valence-electron chi connectivity index (χ0n) is 18.9. The molecule has 1 N–H and O–H groups in total. The number of piperidine rings is 1. The Morgan fingerprint density at radius 1 is 0.914 bits per heavy atom. The van der Waals surface area contributed by atoms with Crippen molar-refractivity contribution in [3.63, 3.8) is 0 Å². The van der Waals surface area contributed by atoms with Gasteiger partial charge in [0.25, 0.3) is 5.91 Å². The Balaban J connectivity index is 1.29. The highest BCUT2D eigenvalue weighted by atomic mass is 32.2. The van der Waals surface area contributed by atoms with E-state index in [0.29, 0.717) is 5.69 Å². The van der Waals surface area contributed by atoms with E-state index in [4.69, 9.17) is 4.74 Å². The Labute approximate surface area is 203 Å². The van der Waals surface area contributed by atoms with Crippen LogP contribution in [0.15, 0.2) is 83.8 Å². The van der Waals surface area contributed by atoms with Gasteiger partial charge in [-0.05, 0) is 48.7 Å². The summed E-state index contributed by atoms with van der Waals surface area (Å²) >= 11 is 0. The number of esters is 1. The van der Waals surface area contributed by atoms with Crippen LogP contribution in [0.5, 0.6) is 0 Å². The molecule has 1 heterocycles. The van der Waals surface area contributed by atoms with Gasteiger partial charge in [-0.1, -0.05) is 48.5 Å². The number of hydrogen-bond donors (Lipinski definition) is 1. The van der Waals surface area contributed by atoms with E-state index < -0.39 is 40.2 Å². The highest BCUT2D eigenvalue weighted by molar-refractivity contribution is 7.89. The molecule has 1 saturated heterocycles. The Morgan fingerprint density at radius 2 is 1.54 bits per heavy atom. The van der Waals surface area contributed by atoms with Crippen molar-refractivity contribution >= 4 is 27.6 Å². The molecule has 0 saturated carbocycles. The first-order valence-electron chi connectivity index (χ1n) is 11.2. The molecule has 1 amide bonds. The SMILES string of the molecule is O=C(COC(=O)C1CCN(S(=O)(=O)c2ccc(F)cc2)CC1)Nc1ccccc1-c1ccccc1. The highest BCUT2D eigenvalue weighted by Gasteiger charge is 2.33. The predicted octanol–water partition coefficient (Wildman–Crippen LogP) is 4.08. The fourth-order valence-corrected chi connectivity index (χ4v) is 5.46. The molecule has 0 atom stereocenters. The summed E-state index contributed by atoms with van der Waals surface area (Å²) in [5.41, 5.74) is 2.41. The van der Waals surface area contributed by atoms with E-state index in [2.05, 4.69) is 5.32 Å². The number of ether oxygens (including phenoxy) is 1. The van der Waals surface area contributed by atoms with Crippen molar-refractivity contribution in [2.75, 3.05) is 25.0 Å². The van der Waals surface area contributed by atoms with Crippen molar-refractivity contribution in [3.05, 3.63) is 84.7 Å². The number of carbonyl (C=O) groups excluding carboxylic acids is 2. The van der Waals surface area contributed by atoms with Crippen LogP contribution < -0.4 is 5.32 Å². The summed E-state index contributed by atoms with van der Waals surface area (Å²) in [5.74, 6) is -2.01. The number of nitrogens with zero attached hydrogens (tertiary/aromatic N) is 1. The molecule has 0 unspecified atom stereocenters.